The van der Waals surface area contributed by atoms with Crippen molar-refractivity contribution in [3.8, 4) is 62.3 Å². The number of aryl methyl sites for hydroxylation is 2. The summed E-state index contributed by atoms with van der Waals surface area (Å²) < 4.78 is 21.5. The Labute approximate surface area is 478 Å². The number of para-hydroxylation sites is 2. The predicted molar refractivity (Wildman–Crippen MR) is 345 cm³/mol. The van der Waals surface area contributed by atoms with E-state index in [-0.39, 0.29) is 17.5 Å². The maximum Gasteiger partial charge on any atom is 0.260 e. The van der Waals surface area contributed by atoms with Crippen molar-refractivity contribution in [1.29, 1.82) is 0 Å². The molecule has 0 fully saturated rings. The first-order valence-electron chi connectivity index (χ1n) is 28.8. The van der Waals surface area contributed by atoms with E-state index in [0.29, 0.717) is 0 Å². The van der Waals surface area contributed by atoms with Crippen LogP contribution in [0.5, 0.6) is 23.0 Å². The van der Waals surface area contributed by atoms with Gasteiger partial charge in [0.05, 0.1) is 38.8 Å². The molecule has 11 aromatic carbocycles. The Morgan fingerprint density at radius 1 is 0.305 bits per heavy atom. The number of ether oxygens (including phenoxy) is 2. The van der Waals surface area contributed by atoms with E-state index < -0.39 is 0 Å². The Balaban J connectivity index is 0.911. The van der Waals surface area contributed by atoms with Gasteiger partial charge in [-0.1, -0.05) is 150 Å². The van der Waals surface area contributed by atoms with E-state index in [1.54, 1.807) is 0 Å². The van der Waals surface area contributed by atoms with Crippen LogP contribution in [-0.2, 0) is 10.8 Å². The van der Waals surface area contributed by atoms with Gasteiger partial charge in [0.15, 0.2) is 0 Å². The standard InChI is InChI=1S/C76H60BN3O2/c1-45-19-27-64-56(35-45)58-37-47(21-29-66(58)78(64)53-15-11-9-12-16-53)49-23-31-68-60(39-49)61-40-50(48-22-30-67-59(38-48)57-36-46(2)20-28-65(57)79(67)54-17-13-10-14-18-54)24-32-69(61)80(68)55-43-72-74-73(44-55)82-71-34-26-52(76(6,7)8)42-63(71)77(74)62-41-51(75(3,4)5)25-33-70(62)81-72/h9-44H,1-8H3. The van der Waals surface area contributed by atoms with Gasteiger partial charge in [-0.05, 0) is 178 Å². The van der Waals surface area contributed by atoms with E-state index in [1.807, 2.05) is 0 Å². The number of nitrogens with zero attached hydrogens (tertiary/aromatic N) is 3. The smallest absolute Gasteiger partial charge is 0.260 e. The van der Waals surface area contributed by atoms with Crippen molar-refractivity contribution in [3.63, 3.8) is 0 Å². The van der Waals surface area contributed by atoms with Crippen molar-refractivity contribution in [2.45, 2.75) is 66.2 Å². The van der Waals surface area contributed by atoms with Crippen LogP contribution in [0.4, 0.5) is 0 Å². The quantitative estimate of drug-likeness (QED) is 0.161. The Kier molecular flexibility index (Phi) is 10.3. The molecule has 16 rings (SSSR count). The molecular weight excluding hydrogens is 998 g/mol. The summed E-state index contributed by atoms with van der Waals surface area (Å²) in [6.45, 7) is 18.0. The SMILES string of the molecule is Cc1ccc2c(c1)c1cc(-c3ccc4c(c3)c3cc(-c5ccc6c(c5)c5cc(C)ccc5n6-c5ccccc5)ccc3n4-c3cc4c5c(c3)Oc3ccc(C(C)(C)C)cc3B5c3cc(C(C)(C)C)ccc3O4)ccc1n2-c1ccccc1. The summed E-state index contributed by atoms with van der Waals surface area (Å²) in [5, 5.41) is 7.30. The molecule has 0 saturated carbocycles. The van der Waals surface area contributed by atoms with Crippen LogP contribution in [0.2, 0.25) is 0 Å². The van der Waals surface area contributed by atoms with Crippen LogP contribution < -0.4 is 25.9 Å². The lowest BCUT2D eigenvalue weighted by Gasteiger charge is -2.35. The summed E-state index contributed by atoms with van der Waals surface area (Å²) in [5.41, 5.74) is 23.3. The molecule has 14 aromatic rings. The van der Waals surface area contributed by atoms with E-state index in [2.05, 4.69) is 287 Å². The predicted octanol–water partition coefficient (Wildman–Crippen LogP) is 18.3. The molecule has 3 aromatic heterocycles. The largest absolute Gasteiger partial charge is 0.458 e. The van der Waals surface area contributed by atoms with Crippen molar-refractivity contribution in [3.05, 3.63) is 241 Å². The third-order valence-electron chi connectivity index (χ3n) is 17.8. The number of benzene rings is 11. The van der Waals surface area contributed by atoms with Gasteiger partial charge >= 0.3 is 0 Å². The molecule has 5 heterocycles. The summed E-state index contributed by atoms with van der Waals surface area (Å²) in [4.78, 5) is 0. The van der Waals surface area contributed by atoms with Gasteiger partial charge in [0.25, 0.3) is 6.71 Å². The summed E-state index contributed by atoms with van der Waals surface area (Å²) in [6, 6.07) is 81.3. The normalized spacial score (nSPS) is 13.0. The Hall–Kier alpha value is -9.52. The lowest BCUT2D eigenvalue weighted by molar-refractivity contribution is 0.463. The zero-order valence-electron chi connectivity index (χ0n) is 47.5. The maximum absolute atomic E-state index is 7.13. The topological polar surface area (TPSA) is 33.2 Å². The van der Waals surface area contributed by atoms with Crippen molar-refractivity contribution < 1.29 is 9.47 Å². The van der Waals surface area contributed by atoms with Crippen molar-refractivity contribution in [2.24, 2.45) is 0 Å². The molecule has 0 spiro atoms. The highest BCUT2D eigenvalue weighted by Crippen LogP contribution is 2.45. The fourth-order valence-electron chi connectivity index (χ4n) is 13.6. The Morgan fingerprint density at radius 3 is 0.988 bits per heavy atom. The number of aromatic nitrogens is 3. The molecule has 5 nitrogen and oxygen atoms in total. The molecule has 0 radical (unpaired) electrons. The molecular formula is C76H60BN3O2. The van der Waals surface area contributed by atoms with Crippen molar-refractivity contribution in [2.75, 3.05) is 0 Å². The van der Waals surface area contributed by atoms with Gasteiger partial charge in [0.1, 0.15) is 23.0 Å². The second-order valence-corrected chi connectivity index (χ2v) is 25.1. The second kappa shape index (κ2) is 17.5. The molecule has 394 valence electrons. The van der Waals surface area contributed by atoms with Crippen molar-refractivity contribution in [1.82, 2.24) is 13.7 Å². The van der Waals surface area contributed by atoms with Gasteiger partial charge in [0, 0.05) is 61.3 Å². The van der Waals surface area contributed by atoms with E-state index >= 15 is 0 Å². The first-order valence-corrected chi connectivity index (χ1v) is 28.8. The highest BCUT2D eigenvalue weighted by Gasteiger charge is 2.42. The van der Waals surface area contributed by atoms with Gasteiger partial charge in [-0.2, -0.15) is 0 Å². The first-order chi connectivity index (χ1) is 39.7. The molecule has 2 aliphatic heterocycles. The van der Waals surface area contributed by atoms with Gasteiger partial charge in [0.2, 0.25) is 0 Å². The monoisotopic (exact) mass is 1060 g/mol. The lowest BCUT2D eigenvalue weighted by Crippen LogP contribution is -2.57. The molecule has 0 saturated heterocycles. The van der Waals surface area contributed by atoms with E-state index in [4.69, 9.17) is 9.47 Å². The molecule has 2 aliphatic rings. The molecule has 0 N–H and O–H groups in total. The minimum atomic E-state index is -0.0645. The summed E-state index contributed by atoms with van der Waals surface area (Å²) >= 11 is 0. The Morgan fingerprint density at radius 2 is 0.634 bits per heavy atom. The number of hydrogen-bond acceptors (Lipinski definition) is 2. The van der Waals surface area contributed by atoms with Crippen molar-refractivity contribution >= 4 is 88.5 Å². The number of hydrogen-bond donors (Lipinski definition) is 0. The van der Waals surface area contributed by atoms with Gasteiger partial charge in [-0.15, -0.1) is 0 Å². The van der Waals surface area contributed by atoms with Crippen LogP contribution in [0.15, 0.2) is 218 Å². The van der Waals surface area contributed by atoms with Crippen LogP contribution in [-0.4, -0.2) is 20.4 Å². The van der Waals surface area contributed by atoms with Crippen LogP contribution in [0.25, 0.3) is 105 Å². The van der Waals surface area contributed by atoms with E-state index in [1.165, 1.54) is 98.7 Å². The maximum atomic E-state index is 7.13. The average molecular weight is 1060 g/mol. The van der Waals surface area contributed by atoms with E-state index in [0.717, 1.165) is 67.7 Å². The van der Waals surface area contributed by atoms with Crippen LogP contribution in [0.3, 0.4) is 0 Å². The van der Waals surface area contributed by atoms with Crippen LogP contribution in [0, 0.1) is 13.8 Å². The highest BCUT2D eigenvalue weighted by atomic mass is 16.5. The summed E-state index contributed by atoms with van der Waals surface area (Å²) in [5.74, 6) is 3.41. The zero-order chi connectivity index (χ0) is 55.5. The molecule has 6 heteroatoms. The van der Waals surface area contributed by atoms with Gasteiger partial charge < -0.3 is 23.2 Å². The van der Waals surface area contributed by atoms with Gasteiger partial charge in [-0.25, -0.2) is 0 Å². The second-order valence-electron chi connectivity index (χ2n) is 25.1. The third kappa shape index (κ3) is 7.40. The summed E-state index contributed by atoms with van der Waals surface area (Å²) in [7, 11) is 0. The number of fused-ring (bicyclic) bond motifs is 13. The Bertz CT molecular complexity index is 4720. The molecule has 0 atom stereocenters. The lowest BCUT2D eigenvalue weighted by atomic mass is 9.34. The molecule has 0 amide bonds. The van der Waals surface area contributed by atoms with Crippen LogP contribution in [0.1, 0.15) is 63.8 Å². The first kappa shape index (κ1) is 48.4. The minimum absolute atomic E-state index is 0.0388. The molecule has 0 bridgehead atoms. The van der Waals surface area contributed by atoms with E-state index in [9.17, 15) is 0 Å². The number of rotatable bonds is 5. The third-order valence-corrected chi connectivity index (χ3v) is 17.8. The van der Waals surface area contributed by atoms with Crippen LogP contribution >= 0.6 is 0 Å². The highest BCUT2D eigenvalue weighted by molar-refractivity contribution is 6.98. The molecule has 82 heavy (non-hydrogen) atoms. The summed E-state index contributed by atoms with van der Waals surface area (Å²) in [6.07, 6.45) is 0. The fraction of sp³-hybridized carbons (Fsp3) is 0.132. The molecule has 0 unspecified atom stereocenters. The average Bonchev–Trinajstić information content (AvgIpc) is 2.34. The molecule has 0 aliphatic carbocycles. The fourth-order valence-corrected chi connectivity index (χ4v) is 13.6. The van der Waals surface area contributed by atoms with Gasteiger partial charge in [-0.3, -0.25) is 0 Å². The minimum Gasteiger partial charge on any atom is -0.458 e. The zero-order valence-corrected chi connectivity index (χ0v) is 47.5.